The summed E-state index contributed by atoms with van der Waals surface area (Å²) in [6.45, 7) is 1.77. The summed E-state index contributed by atoms with van der Waals surface area (Å²) in [5, 5.41) is 3.03. The summed E-state index contributed by atoms with van der Waals surface area (Å²) in [6.07, 6.45) is -0.682. The summed E-state index contributed by atoms with van der Waals surface area (Å²) in [5.41, 5.74) is -0.606. The Morgan fingerprint density at radius 2 is 1.87 bits per heavy atom. The molecule has 3 rings (SSSR count). The van der Waals surface area contributed by atoms with Crippen LogP contribution in [0.1, 0.15) is 18.4 Å². The summed E-state index contributed by atoms with van der Waals surface area (Å²) < 4.78 is 38.4. The van der Waals surface area contributed by atoms with Gasteiger partial charge < -0.3 is 10.2 Å². The van der Waals surface area contributed by atoms with Gasteiger partial charge in [0.05, 0.1) is 16.3 Å². The molecule has 8 heteroatoms. The predicted octanol–water partition coefficient (Wildman–Crippen LogP) is 4.49. The molecule has 1 N–H and O–H groups in total. The van der Waals surface area contributed by atoms with Crippen molar-refractivity contribution in [3.63, 3.8) is 0 Å². The lowest BCUT2D eigenvalue weighted by molar-refractivity contribution is -0.137. The summed E-state index contributed by atoms with van der Waals surface area (Å²) in [6, 6.07) is 4.73. The van der Waals surface area contributed by atoms with Crippen LogP contribution in [0.25, 0.3) is 0 Å². The Hall–Kier alpha value is -2.02. The number of nitrogens with one attached hydrogen (secondary N) is 1. The zero-order chi connectivity index (χ0) is 16.4. The molecule has 122 valence electrons. The van der Waals surface area contributed by atoms with Crippen molar-refractivity contribution in [1.29, 1.82) is 0 Å². The zero-order valence-corrected chi connectivity index (χ0v) is 12.8. The van der Waals surface area contributed by atoms with Gasteiger partial charge in [-0.05, 0) is 37.1 Å². The maximum Gasteiger partial charge on any atom is 0.416 e. The fourth-order valence-electron chi connectivity index (χ4n) is 2.42. The number of aromatic nitrogens is 2. The highest BCUT2D eigenvalue weighted by Crippen LogP contribution is 2.34. The van der Waals surface area contributed by atoms with Crippen LogP contribution in [0, 0.1) is 0 Å². The maximum absolute atomic E-state index is 12.8. The number of halogens is 4. The SMILES string of the molecule is FC(F)(F)c1ccc(Cl)c(Nc2ccnc(N3CCCC3)n2)c1. The number of benzene rings is 1. The van der Waals surface area contributed by atoms with Gasteiger partial charge in [0, 0.05) is 19.3 Å². The Bertz CT molecular complexity index is 699. The third-order valence-electron chi connectivity index (χ3n) is 3.59. The van der Waals surface area contributed by atoms with Crippen LogP contribution in [-0.4, -0.2) is 23.1 Å². The topological polar surface area (TPSA) is 41.1 Å². The molecule has 23 heavy (non-hydrogen) atoms. The second kappa shape index (κ2) is 6.23. The zero-order valence-electron chi connectivity index (χ0n) is 12.1. The predicted molar refractivity (Wildman–Crippen MR) is 83.2 cm³/mol. The minimum Gasteiger partial charge on any atom is -0.341 e. The first-order valence-corrected chi connectivity index (χ1v) is 7.53. The number of alkyl halides is 3. The first-order valence-electron chi connectivity index (χ1n) is 7.15. The molecule has 4 nitrogen and oxygen atoms in total. The van der Waals surface area contributed by atoms with Crippen molar-refractivity contribution < 1.29 is 13.2 Å². The fraction of sp³-hybridized carbons (Fsp3) is 0.333. The highest BCUT2D eigenvalue weighted by Gasteiger charge is 2.31. The standard InChI is InChI=1S/C15H14ClF3N4/c16-11-4-3-10(15(17,18)19)9-12(11)21-13-5-6-20-14(22-13)23-7-1-2-8-23/h3-6,9H,1-2,7-8H2,(H,20,21,22). The molecule has 1 fully saturated rings. The van der Waals surface area contributed by atoms with E-state index in [2.05, 4.69) is 15.3 Å². The van der Waals surface area contributed by atoms with Crippen LogP contribution >= 0.6 is 11.6 Å². The van der Waals surface area contributed by atoms with E-state index in [0.717, 1.165) is 38.1 Å². The number of rotatable bonds is 3. The minimum absolute atomic E-state index is 0.160. The van der Waals surface area contributed by atoms with Crippen molar-refractivity contribution in [1.82, 2.24) is 9.97 Å². The molecule has 0 aliphatic carbocycles. The molecule has 2 aromatic rings. The van der Waals surface area contributed by atoms with Crippen LogP contribution in [0.3, 0.4) is 0 Å². The second-order valence-electron chi connectivity index (χ2n) is 5.25. The molecule has 1 aromatic heterocycles. The molecule has 0 spiro atoms. The first-order chi connectivity index (χ1) is 10.9. The van der Waals surface area contributed by atoms with Gasteiger partial charge in [0.25, 0.3) is 0 Å². The number of anilines is 3. The number of hydrogen-bond donors (Lipinski definition) is 1. The second-order valence-corrected chi connectivity index (χ2v) is 5.66. The largest absolute Gasteiger partial charge is 0.416 e. The van der Waals surface area contributed by atoms with E-state index >= 15 is 0 Å². The molecule has 1 aliphatic heterocycles. The molecule has 0 unspecified atom stereocenters. The Morgan fingerprint density at radius 1 is 1.13 bits per heavy atom. The van der Waals surface area contributed by atoms with Gasteiger partial charge in [0.2, 0.25) is 5.95 Å². The van der Waals surface area contributed by atoms with Crippen molar-refractivity contribution >= 4 is 29.1 Å². The van der Waals surface area contributed by atoms with Gasteiger partial charge in [-0.15, -0.1) is 0 Å². The van der Waals surface area contributed by atoms with Crippen molar-refractivity contribution in [3.8, 4) is 0 Å². The van der Waals surface area contributed by atoms with E-state index < -0.39 is 11.7 Å². The lowest BCUT2D eigenvalue weighted by Gasteiger charge is -2.16. The van der Waals surface area contributed by atoms with Crippen LogP contribution in [-0.2, 0) is 6.18 Å². The summed E-state index contributed by atoms with van der Waals surface area (Å²) in [4.78, 5) is 10.6. The third-order valence-corrected chi connectivity index (χ3v) is 3.92. The van der Waals surface area contributed by atoms with E-state index in [1.54, 1.807) is 12.3 Å². The highest BCUT2D eigenvalue weighted by atomic mass is 35.5. The Morgan fingerprint density at radius 3 is 2.57 bits per heavy atom. The van der Waals surface area contributed by atoms with Crippen LogP contribution in [0.15, 0.2) is 30.5 Å². The Labute approximate surface area is 136 Å². The van der Waals surface area contributed by atoms with Crippen molar-refractivity contribution in [2.45, 2.75) is 19.0 Å². The Balaban J connectivity index is 1.85. The van der Waals surface area contributed by atoms with E-state index in [-0.39, 0.29) is 10.7 Å². The van der Waals surface area contributed by atoms with Gasteiger partial charge in [-0.1, -0.05) is 11.6 Å². The summed E-state index contributed by atoms with van der Waals surface area (Å²) in [5.74, 6) is 0.971. The molecule has 1 aromatic carbocycles. The number of hydrogen-bond acceptors (Lipinski definition) is 4. The maximum atomic E-state index is 12.8. The minimum atomic E-state index is -4.42. The number of nitrogens with zero attached hydrogens (tertiary/aromatic N) is 3. The molecular weight excluding hydrogens is 329 g/mol. The molecule has 0 bridgehead atoms. The molecule has 0 saturated carbocycles. The van der Waals surface area contributed by atoms with E-state index in [1.807, 2.05) is 4.90 Å². The molecular formula is C15H14ClF3N4. The van der Waals surface area contributed by atoms with Crippen LogP contribution in [0.5, 0.6) is 0 Å². The van der Waals surface area contributed by atoms with E-state index in [9.17, 15) is 13.2 Å². The Kier molecular flexibility index (Phi) is 4.30. The summed E-state index contributed by atoms with van der Waals surface area (Å²) >= 11 is 5.98. The van der Waals surface area contributed by atoms with Crippen molar-refractivity contribution in [2.24, 2.45) is 0 Å². The first kappa shape index (κ1) is 15.9. The lowest BCUT2D eigenvalue weighted by atomic mass is 10.2. The van der Waals surface area contributed by atoms with Crippen LogP contribution in [0.2, 0.25) is 5.02 Å². The molecule has 0 amide bonds. The van der Waals surface area contributed by atoms with Gasteiger partial charge in [-0.3, -0.25) is 0 Å². The van der Waals surface area contributed by atoms with Gasteiger partial charge in [0.1, 0.15) is 5.82 Å². The monoisotopic (exact) mass is 342 g/mol. The average molecular weight is 343 g/mol. The quantitative estimate of drug-likeness (QED) is 0.892. The van der Waals surface area contributed by atoms with Crippen molar-refractivity contribution in [3.05, 3.63) is 41.0 Å². The van der Waals surface area contributed by atoms with E-state index in [4.69, 9.17) is 11.6 Å². The van der Waals surface area contributed by atoms with E-state index in [0.29, 0.717) is 11.8 Å². The van der Waals surface area contributed by atoms with Crippen molar-refractivity contribution in [2.75, 3.05) is 23.3 Å². The van der Waals surface area contributed by atoms with Crippen LogP contribution in [0.4, 0.5) is 30.6 Å². The molecule has 2 heterocycles. The normalized spacial score (nSPS) is 15.0. The fourth-order valence-corrected chi connectivity index (χ4v) is 2.59. The van der Waals surface area contributed by atoms with E-state index in [1.165, 1.54) is 6.07 Å². The molecule has 1 aliphatic rings. The van der Waals surface area contributed by atoms with Gasteiger partial charge in [-0.2, -0.15) is 18.2 Å². The van der Waals surface area contributed by atoms with Crippen LogP contribution < -0.4 is 10.2 Å². The van der Waals surface area contributed by atoms with Gasteiger partial charge in [-0.25, -0.2) is 4.98 Å². The smallest absolute Gasteiger partial charge is 0.341 e. The average Bonchev–Trinajstić information content (AvgIpc) is 3.03. The molecule has 1 saturated heterocycles. The highest BCUT2D eigenvalue weighted by molar-refractivity contribution is 6.33. The molecule has 0 atom stereocenters. The lowest BCUT2D eigenvalue weighted by Crippen LogP contribution is -2.20. The molecule has 0 radical (unpaired) electrons. The van der Waals surface area contributed by atoms with Gasteiger partial charge in [0.15, 0.2) is 0 Å². The third kappa shape index (κ3) is 3.67. The van der Waals surface area contributed by atoms with Gasteiger partial charge >= 0.3 is 6.18 Å². The summed E-state index contributed by atoms with van der Waals surface area (Å²) in [7, 11) is 0.